The minimum Gasteiger partial charge on any atom is -0.388 e. The predicted octanol–water partition coefficient (Wildman–Crippen LogP) is 1.08. The summed E-state index contributed by atoms with van der Waals surface area (Å²) in [7, 11) is 0. The molecule has 0 aliphatic carbocycles. The van der Waals surface area contributed by atoms with E-state index >= 15 is 0 Å². The number of hydrogen-bond donors (Lipinski definition) is 2. The monoisotopic (exact) mass is 219 g/mol. The molecule has 0 aromatic carbocycles. The zero-order valence-corrected chi connectivity index (χ0v) is 9.42. The van der Waals surface area contributed by atoms with Gasteiger partial charge in [0.05, 0.1) is 11.1 Å². The summed E-state index contributed by atoms with van der Waals surface area (Å²) < 4.78 is 0. The summed E-state index contributed by atoms with van der Waals surface area (Å²) in [5.41, 5.74) is 5.43. The fourth-order valence-corrected chi connectivity index (χ4v) is 4.75. The average molecular weight is 219 g/mol. The van der Waals surface area contributed by atoms with E-state index in [9.17, 15) is 5.11 Å². The molecule has 2 aliphatic heterocycles. The van der Waals surface area contributed by atoms with Gasteiger partial charge in [0, 0.05) is 5.75 Å². The zero-order valence-electron chi connectivity index (χ0n) is 7.79. The van der Waals surface area contributed by atoms with E-state index in [1.807, 2.05) is 23.5 Å². The van der Waals surface area contributed by atoms with Crippen molar-refractivity contribution in [2.75, 3.05) is 23.0 Å². The van der Waals surface area contributed by atoms with Crippen LogP contribution in [0.3, 0.4) is 0 Å². The maximum atomic E-state index is 10.5. The van der Waals surface area contributed by atoms with Gasteiger partial charge >= 0.3 is 0 Å². The van der Waals surface area contributed by atoms with Crippen molar-refractivity contribution in [3.63, 3.8) is 0 Å². The Hall–Kier alpha value is 0.620. The van der Waals surface area contributed by atoms with Gasteiger partial charge in [-0.2, -0.15) is 23.5 Å². The van der Waals surface area contributed by atoms with Crippen molar-refractivity contribution in [2.24, 2.45) is 5.73 Å². The standard InChI is InChI=1S/C9H17NOS2/c10-8(1-4-13-7-8)9(11)2-5-12-6-3-9/h11H,1-7,10H2. The molecule has 0 radical (unpaired) electrons. The van der Waals surface area contributed by atoms with E-state index in [1.54, 1.807) is 0 Å². The second kappa shape index (κ2) is 3.65. The van der Waals surface area contributed by atoms with E-state index < -0.39 is 5.60 Å². The Labute approximate surface area is 88.0 Å². The highest BCUT2D eigenvalue weighted by Gasteiger charge is 2.49. The van der Waals surface area contributed by atoms with Crippen molar-refractivity contribution in [3.05, 3.63) is 0 Å². The Bertz CT molecular complexity index is 186. The van der Waals surface area contributed by atoms with Crippen LogP contribution in [0.2, 0.25) is 0 Å². The zero-order chi connectivity index (χ0) is 9.36. The molecule has 76 valence electrons. The van der Waals surface area contributed by atoms with E-state index in [-0.39, 0.29) is 5.54 Å². The van der Waals surface area contributed by atoms with Gasteiger partial charge in [-0.05, 0) is 36.5 Å². The lowest BCUT2D eigenvalue weighted by atomic mass is 9.76. The molecule has 2 heterocycles. The van der Waals surface area contributed by atoms with E-state index in [1.165, 1.54) is 0 Å². The number of thioether (sulfide) groups is 2. The third kappa shape index (κ3) is 1.74. The van der Waals surface area contributed by atoms with Crippen molar-refractivity contribution in [3.8, 4) is 0 Å². The summed E-state index contributed by atoms with van der Waals surface area (Å²) in [4.78, 5) is 0. The minimum atomic E-state index is -0.568. The first-order valence-electron chi connectivity index (χ1n) is 4.83. The van der Waals surface area contributed by atoms with Gasteiger partial charge < -0.3 is 10.8 Å². The van der Waals surface area contributed by atoms with Crippen LogP contribution in [0.5, 0.6) is 0 Å². The van der Waals surface area contributed by atoms with Crippen LogP contribution >= 0.6 is 23.5 Å². The van der Waals surface area contributed by atoms with Gasteiger partial charge in [-0.1, -0.05) is 0 Å². The van der Waals surface area contributed by atoms with Gasteiger partial charge in [0.15, 0.2) is 0 Å². The molecule has 0 bridgehead atoms. The largest absolute Gasteiger partial charge is 0.388 e. The third-order valence-electron chi connectivity index (χ3n) is 3.30. The van der Waals surface area contributed by atoms with Crippen molar-refractivity contribution in [1.29, 1.82) is 0 Å². The third-order valence-corrected chi connectivity index (χ3v) is 5.50. The Kier molecular flexibility index (Phi) is 2.85. The maximum Gasteiger partial charge on any atom is 0.0850 e. The number of rotatable bonds is 1. The molecular weight excluding hydrogens is 202 g/mol. The van der Waals surface area contributed by atoms with Crippen LogP contribution in [0.25, 0.3) is 0 Å². The van der Waals surface area contributed by atoms with Crippen LogP contribution in [0.4, 0.5) is 0 Å². The molecule has 2 saturated heterocycles. The van der Waals surface area contributed by atoms with Crippen LogP contribution in [0.1, 0.15) is 19.3 Å². The molecule has 1 atom stereocenters. The smallest absolute Gasteiger partial charge is 0.0850 e. The molecule has 0 aromatic heterocycles. The quantitative estimate of drug-likeness (QED) is 0.693. The lowest BCUT2D eigenvalue weighted by molar-refractivity contribution is -0.0326. The Morgan fingerprint density at radius 2 is 1.62 bits per heavy atom. The average Bonchev–Trinajstić information content (AvgIpc) is 2.55. The molecule has 0 saturated carbocycles. The molecule has 3 N–H and O–H groups in total. The van der Waals surface area contributed by atoms with Crippen molar-refractivity contribution in [1.82, 2.24) is 0 Å². The van der Waals surface area contributed by atoms with Gasteiger partial charge in [-0.25, -0.2) is 0 Å². The fraction of sp³-hybridized carbons (Fsp3) is 1.00. The Morgan fingerprint density at radius 3 is 2.15 bits per heavy atom. The molecule has 4 heteroatoms. The van der Waals surface area contributed by atoms with Crippen LogP contribution in [0.15, 0.2) is 0 Å². The summed E-state index contributed by atoms with van der Waals surface area (Å²) in [5, 5.41) is 10.5. The minimum absolute atomic E-state index is 0.293. The lowest BCUT2D eigenvalue weighted by Crippen LogP contribution is -2.62. The second-order valence-corrected chi connectivity index (χ2v) is 6.43. The highest BCUT2D eigenvalue weighted by Crippen LogP contribution is 2.41. The summed E-state index contributed by atoms with van der Waals surface area (Å²) in [6.45, 7) is 0. The van der Waals surface area contributed by atoms with Crippen LogP contribution in [-0.4, -0.2) is 39.3 Å². The first-order valence-corrected chi connectivity index (χ1v) is 7.14. The molecule has 1 unspecified atom stereocenters. The van der Waals surface area contributed by atoms with Gasteiger partial charge in [0.25, 0.3) is 0 Å². The molecule has 0 aromatic rings. The summed E-state index contributed by atoms with van der Waals surface area (Å²) >= 11 is 3.81. The van der Waals surface area contributed by atoms with Crippen molar-refractivity contribution in [2.45, 2.75) is 30.4 Å². The normalized spacial score (nSPS) is 39.2. The fourth-order valence-electron chi connectivity index (χ4n) is 2.15. The van der Waals surface area contributed by atoms with Crippen LogP contribution < -0.4 is 5.73 Å². The first kappa shape index (κ1) is 10.1. The highest BCUT2D eigenvalue weighted by molar-refractivity contribution is 7.99. The molecule has 0 spiro atoms. The Balaban J connectivity index is 2.11. The molecule has 2 fully saturated rings. The van der Waals surface area contributed by atoms with E-state index in [0.29, 0.717) is 0 Å². The van der Waals surface area contributed by atoms with E-state index in [0.717, 1.165) is 42.3 Å². The maximum absolute atomic E-state index is 10.5. The van der Waals surface area contributed by atoms with Gasteiger partial charge in [-0.3, -0.25) is 0 Å². The van der Waals surface area contributed by atoms with E-state index in [2.05, 4.69) is 0 Å². The molecule has 0 amide bonds. The SMILES string of the molecule is NC1(C2(O)CCSCC2)CCSC1. The van der Waals surface area contributed by atoms with Gasteiger partial charge in [0.2, 0.25) is 0 Å². The highest BCUT2D eigenvalue weighted by atomic mass is 32.2. The second-order valence-electron chi connectivity index (χ2n) is 4.10. The Morgan fingerprint density at radius 1 is 1.00 bits per heavy atom. The van der Waals surface area contributed by atoms with Crippen LogP contribution in [-0.2, 0) is 0 Å². The summed E-state index contributed by atoms with van der Waals surface area (Å²) in [6.07, 6.45) is 2.75. The molecule has 2 aliphatic rings. The number of nitrogens with two attached hydrogens (primary N) is 1. The van der Waals surface area contributed by atoms with E-state index in [4.69, 9.17) is 5.73 Å². The predicted molar refractivity (Wildman–Crippen MR) is 60.4 cm³/mol. The summed E-state index contributed by atoms with van der Waals surface area (Å²) in [6, 6.07) is 0. The summed E-state index contributed by atoms with van der Waals surface area (Å²) in [5.74, 6) is 4.19. The molecule has 2 rings (SSSR count). The van der Waals surface area contributed by atoms with Crippen molar-refractivity contribution < 1.29 is 5.11 Å². The van der Waals surface area contributed by atoms with Gasteiger partial charge in [-0.15, -0.1) is 0 Å². The van der Waals surface area contributed by atoms with Crippen LogP contribution in [0, 0.1) is 0 Å². The number of aliphatic hydroxyl groups is 1. The topological polar surface area (TPSA) is 46.2 Å². The first-order chi connectivity index (χ1) is 6.16. The van der Waals surface area contributed by atoms with Crippen molar-refractivity contribution >= 4 is 23.5 Å². The molecule has 2 nitrogen and oxygen atoms in total. The van der Waals surface area contributed by atoms with Gasteiger partial charge in [0.1, 0.15) is 0 Å². The molecular formula is C9H17NOS2. The lowest BCUT2D eigenvalue weighted by Gasteiger charge is -2.44. The molecule has 13 heavy (non-hydrogen) atoms. The number of hydrogen-bond acceptors (Lipinski definition) is 4.